The van der Waals surface area contributed by atoms with Gasteiger partial charge in [-0.1, -0.05) is 24.3 Å². The van der Waals surface area contributed by atoms with Gasteiger partial charge in [0.15, 0.2) is 0 Å². The molecular formula is C22H24N2O2S. The molecular weight excluding hydrogens is 356 g/mol. The third-order valence-electron chi connectivity index (χ3n) is 4.86. The van der Waals surface area contributed by atoms with Crippen LogP contribution in [0.2, 0.25) is 0 Å². The second kappa shape index (κ2) is 8.11. The predicted molar refractivity (Wildman–Crippen MR) is 109 cm³/mol. The minimum Gasteiger partial charge on any atom is -0.497 e. The summed E-state index contributed by atoms with van der Waals surface area (Å²) < 4.78 is 10.7. The molecule has 140 valence electrons. The molecule has 0 atom stereocenters. The Morgan fingerprint density at radius 1 is 1.00 bits per heavy atom. The van der Waals surface area contributed by atoms with Crippen molar-refractivity contribution in [2.75, 3.05) is 14.2 Å². The van der Waals surface area contributed by atoms with Crippen molar-refractivity contribution in [3.8, 4) is 22.1 Å². The van der Waals surface area contributed by atoms with E-state index in [-0.39, 0.29) is 0 Å². The number of aromatic nitrogens is 1. The van der Waals surface area contributed by atoms with E-state index in [4.69, 9.17) is 14.5 Å². The number of nitrogens with zero attached hydrogens (tertiary/aromatic N) is 2. The summed E-state index contributed by atoms with van der Waals surface area (Å²) in [6.45, 7) is 1.82. The van der Waals surface area contributed by atoms with E-state index in [9.17, 15) is 0 Å². The van der Waals surface area contributed by atoms with Crippen molar-refractivity contribution in [2.45, 2.75) is 32.0 Å². The molecule has 27 heavy (non-hydrogen) atoms. The van der Waals surface area contributed by atoms with E-state index in [1.54, 1.807) is 25.6 Å². The molecule has 4 rings (SSSR count). The number of thiazole rings is 1. The zero-order valence-electron chi connectivity index (χ0n) is 15.7. The van der Waals surface area contributed by atoms with E-state index >= 15 is 0 Å². The molecule has 3 aromatic rings. The number of methoxy groups -OCH3 is 2. The summed E-state index contributed by atoms with van der Waals surface area (Å²) in [5.74, 6) is 1.77. The van der Waals surface area contributed by atoms with Gasteiger partial charge >= 0.3 is 0 Å². The lowest BCUT2D eigenvalue weighted by atomic mass is 10.2. The minimum atomic E-state index is 0.670. The molecule has 0 unspecified atom stereocenters. The van der Waals surface area contributed by atoms with Crippen LogP contribution in [0.5, 0.6) is 11.5 Å². The number of hydrogen-bond donors (Lipinski definition) is 0. The van der Waals surface area contributed by atoms with Crippen LogP contribution in [0.25, 0.3) is 10.6 Å². The Kier molecular flexibility index (Phi) is 5.41. The summed E-state index contributed by atoms with van der Waals surface area (Å²) in [5, 5.41) is 3.19. The zero-order chi connectivity index (χ0) is 18.6. The van der Waals surface area contributed by atoms with Gasteiger partial charge in [0.2, 0.25) is 0 Å². The van der Waals surface area contributed by atoms with Crippen molar-refractivity contribution in [1.82, 2.24) is 9.88 Å². The summed E-state index contributed by atoms with van der Waals surface area (Å²) in [5.41, 5.74) is 3.49. The first kappa shape index (κ1) is 18.0. The summed E-state index contributed by atoms with van der Waals surface area (Å²) in [4.78, 5) is 7.42. The van der Waals surface area contributed by atoms with E-state index in [0.717, 1.165) is 40.9 Å². The van der Waals surface area contributed by atoms with Gasteiger partial charge in [-0.15, -0.1) is 11.3 Å². The van der Waals surface area contributed by atoms with Crippen LogP contribution in [0, 0.1) is 0 Å². The average Bonchev–Trinajstić information content (AvgIpc) is 3.47. The van der Waals surface area contributed by atoms with Gasteiger partial charge in [0.05, 0.1) is 25.5 Å². The van der Waals surface area contributed by atoms with Crippen LogP contribution in [0.15, 0.2) is 53.9 Å². The average molecular weight is 381 g/mol. The third-order valence-corrected chi connectivity index (χ3v) is 5.79. The van der Waals surface area contributed by atoms with Gasteiger partial charge < -0.3 is 9.47 Å². The van der Waals surface area contributed by atoms with Gasteiger partial charge in [0, 0.05) is 24.5 Å². The lowest BCUT2D eigenvalue weighted by Gasteiger charge is -2.21. The van der Waals surface area contributed by atoms with Gasteiger partial charge in [-0.25, -0.2) is 4.98 Å². The molecule has 0 spiro atoms. The Balaban J connectivity index is 1.48. The molecule has 0 aliphatic heterocycles. The highest BCUT2D eigenvalue weighted by Crippen LogP contribution is 2.34. The number of rotatable bonds is 8. The Hall–Kier alpha value is -2.37. The van der Waals surface area contributed by atoms with Crippen molar-refractivity contribution < 1.29 is 9.47 Å². The smallest absolute Gasteiger partial charge is 0.129 e. The SMILES string of the molecule is COc1ccc(CN(Cc2csc(-c3ccccc3OC)n2)C2CC2)cc1. The van der Waals surface area contributed by atoms with E-state index < -0.39 is 0 Å². The van der Waals surface area contributed by atoms with Gasteiger partial charge in [-0.3, -0.25) is 4.90 Å². The Morgan fingerprint density at radius 2 is 1.78 bits per heavy atom. The first-order chi connectivity index (χ1) is 13.3. The molecule has 0 radical (unpaired) electrons. The molecule has 1 heterocycles. The van der Waals surface area contributed by atoms with Crippen LogP contribution in [0.3, 0.4) is 0 Å². The fourth-order valence-corrected chi connectivity index (χ4v) is 4.09. The van der Waals surface area contributed by atoms with E-state index in [1.807, 2.05) is 30.3 Å². The van der Waals surface area contributed by atoms with Gasteiger partial charge in [0.1, 0.15) is 16.5 Å². The van der Waals surface area contributed by atoms with Gasteiger partial charge in [-0.2, -0.15) is 0 Å². The summed E-state index contributed by atoms with van der Waals surface area (Å²) in [6.07, 6.45) is 2.55. The summed E-state index contributed by atoms with van der Waals surface area (Å²) in [7, 11) is 3.41. The fourth-order valence-electron chi connectivity index (χ4n) is 3.25. The second-order valence-corrected chi connectivity index (χ2v) is 7.69. The molecule has 1 saturated carbocycles. The Morgan fingerprint density at radius 3 is 2.48 bits per heavy atom. The van der Waals surface area contributed by atoms with Crippen LogP contribution in [0.4, 0.5) is 0 Å². The fraction of sp³-hybridized carbons (Fsp3) is 0.318. The molecule has 1 aliphatic carbocycles. The third kappa shape index (κ3) is 4.31. The van der Waals surface area contributed by atoms with Crippen LogP contribution >= 0.6 is 11.3 Å². The van der Waals surface area contributed by atoms with Crippen molar-refractivity contribution in [2.24, 2.45) is 0 Å². The molecule has 0 amide bonds. The number of benzene rings is 2. The molecule has 0 N–H and O–H groups in total. The predicted octanol–water partition coefficient (Wildman–Crippen LogP) is 4.99. The maximum Gasteiger partial charge on any atom is 0.129 e. The monoisotopic (exact) mass is 380 g/mol. The molecule has 4 nitrogen and oxygen atoms in total. The highest BCUT2D eigenvalue weighted by Gasteiger charge is 2.29. The van der Waals surface area contributed by atoms with Gasteiger partial charge in [0.25, 0.3) is 0 Å². The van der Waals surface area contributed by atoms with Crippen LogP contribution in [0.1, 0.15) is 24.1 Å². The molecule has 2 aromatic carbocycles. The van der Waals surface area contributed by atoms with Crippen LogP contribution in [-0.4, -0.2) is 30.1 Å². The topological polar surface area (TPSA) is 34.6 Å². The van der Waals surface area contributed by atoms with E-state index in [1.165, 1.54) is 18.4 Å². The highest BCUT2D eigenvalue weighted by molar-refractivity contribution is 7.13. The highest BCUT2D eigenvalue weighted by atomic mass is 32.1. The van der Waals surface area contributed by atoms with Crippen molar-refractivity contribution in [1.29, 1.82) is 0 Å². The first-order valence-electron chi connectivity index (χ1n) is 9.21. The molecule has 0 bridgehead atoms. The minimum absolute atomic E-state index is 0.670. The molecule has 1 aromatic heterocycles. The largest absolute Gasteiger partial charge is 0.497 e. The molecule has 1 fully saturated rings. The van der Waals surface area contributed by atoms with E-state index in [0.29, 0.717) is 6.04 Å². The van der Waals surface area contributed by atoms with Crippen molar-refractivity contribution in [3.63, 3.8) is 0 Å². The maximum atomic E-state index is 5.48. The number of hydrogen-bond acceptors (Lipinski definition) is 5. The summed E-state index contributed by atoms with van der Waals surface area (Å²) in [6, 6.07) is 17.1. The zero-order valence-corrected chi connectivity index (χ0v) is 16.5. The van der Waals surface area contributed by atoms with Crippen LogP contribution in [-0.2, 0) is 13.1 Å². The maximum absolute atomic E-state index is 5.48. The van der Waals surface area contributed by atoms with Crippen molar-refractivity contribution >= 4 is 11.3 Å². The van der Waals surface area contributed by atoms with Gasteiger partial charge in [-0.05, 0) is 42.7 Å². The Labute approximate surface area is 164 Å². The first-order valence-corrected chi connectivity index (χ1v) is 10.1. The Bertz CT molecular complexity index is 887. The molecule has 1 aliphatic rings. The number of ether oxygens (including phenoxy) is 2. The number of para-hydroxylation sites is 1. The summed E-state index contributed by atoms with van der Waals surface area (Å²) >= 11 is 1.68. The lowest BCUT2D eigenvalue weighted by Crippen LogP contribution is -2.25. The normalized spacial score (nSPS) is 13.7. The standard InChI is InChI=1S/C22H24N2O2S/c1-25-19-11-7-16(8-12-19)13-24(18-9-10-18)14-17-15-27-22(23-17)20-5-3-4-6-21(20)26-2/h3-8,11-12,15,18H,9-10,13-14H2,1-2H3. The quantitative estimate of drug-likeness (QED) is 0.551. The van der Waals surface area contributed by atoms with E-state index in [2.05, 4.69) is 28.5 Å². The lowest BCUT2D eigenvalue weighted by molar-refractivity contribution is 0.243. The molecule has 5 heteroatoms. The second-order valence-electron chi connectivity index (χ2n) is 6.83. The molecule has 0 saturated heterocycles. The van der Waals surface area contributed by atoms with Crippen LogP contribution < -0.4 is 9.47 Å². The van der Waals surface area contributed by atoms with Crippen molar-refractivity contribution in [3.05, 3.63) is 65.2 Å².